The molecular formula is C8H9ClF3NO3S. The van der Waals surface area contributed by atoms with E-state index in [0.717, 1.165) is 12.3 Å². The average molecular weight is 292 g/mol. The Labute approximate surface area is 101 Å². The van der Waals surface area contributed by atoms with Crippen molar-refractivity contribution in [3.05, 3.63) is 29.0 Å². The van der Waals surface area contributed by atoms with E-state index in [1.807, 2.05) is 0 Å². The maximum absolute atomic E-state index is 12.0. The van der Waals surface area contributed by atoms with Crippen molar-refractivity contribution in [3.8, 4) is 0 Å². The van der Waals surface area contributed by atoms with Crippen molar-refractivity contribution in [1.29, 1.82) is 0 Å². The smallest absolute Gasteiger partial charge is 0.422 e. The molecule has 1 rings (SSSR count). The van der Waals surface area contributed by atoms with E-state index < -0.39 is 21.9 Å². The Morgan fingerprint density at radius 3 is 2.06 bits per heavy atom. The molecule has 0 fully saturated rings. The van der Waals surface area contributed by atoms with E-state index in [1.54, 1.807) is 0 Å². The molecule has 0 N–H and O–H groups in total. The van der Waals surface area contributed by atoms with E-state index in [1.165, 1.54) is 17.7 Å². The van der Waals surface area contributed by atoms with Gasteiger partial charge in [0.1, 0.15) is 12.6 Å². The topological polar surface area (TPSA) is 61.1 Å². The molecule has 17 heavy (non-hydrogen) atoms. The Balaban J connectivity index is 0.000000437. The van der Waals surface area contributed by atoms with Crippen LogP contribution in [0.25, 0.3) is 0 Å². The van der Waals surface area contributed by atoms with Crippen LogP contribution in [0.1, 0.15) is 5.56 Å². The van der Waals surface area contributed by atoms with Gasteiger partial charge in [-0.15, -0.1) is 0 Å². The highest BCUT2D eigenvalue weighted by Crippen LogP contribution is 2.28. The maximum Gasteiger partial charge on any atom is 0.422 e. The highest BCUT2D eigenvalue weighted by molar-refractivity contribution is 7.84. The van der Waals surface area contributed by atoms with Crippen LogP contribution in [0.15, 0.2) is 18.3 Å². The molecule has 0 radical (unpaired) electrons. The van der Waals surface area contributed by atoms with E-state index in [-0.39, 0.29) is 5.15 Å². The Morgan fingerprint density at radius 1 is 1.35 bits per heavy atom. The third-order valence-electron chi connectivity index (χ3n) is 1.40. The summed E-state index contributed by atoms with van der Waals surface area (Å²) >= 11 is 5.53. The first kappa shape index (κ1) is 16.1. The van der Waals surface area contributed by atoms with Gasteiger partial charge in [-0.3, -0.25) is 0 Å². The van der Waals surface area contributed by atoms with Gasteiger partial charge in [0.05, 0.1) is 10.1 Å². The molecular weight excluding hydrogens is 283 g/mol. The number of aryl methyl sites for hydroxylation is 1. The van der Waals surface area contributed by atoms with Gasteiger partial charge in [-0.25, -0.2) is 8.42 Å². The van der Waals surface area contributed by atoms with Gasteiger partial charge in [-0.05, 0) is 17.7 Å². The molecule has 0 aliphatic rings. The zero-order chi connectivity index (χ0) is 13.9. The van der Waals surface area contributed by atoms with Gasteiger partial charge < -0.3 is 4.55 Å². The summed E-state index contributed by atoms with van der Waals surface area (Å²) in [4.78, 5) is 0. The molecule has 0 aromatic carbocycles. The second-order valence-corrected chi connectivity index (χ2v) is 4.85. The van der Waals surface area contributed by atoms with Gasteiger partial charge in [-0.1, -0.05) is 0 Å². The van der Waals surface area contributed by atoms with Gasteiger partial charge in [0.25, 0.3) is 5.15 Å². The highest BCUT2D eigenvalue weighted by atomic mass is 35.5. The lowest BCUT2D eigenvalue weighted by atomic mass is 10.3. The number of hydrogen-bond donors (Lipinski definition) is 0. The first-order valence-corrected chi connectivity index (χ1v) is 6.24. The fourth-order valence-electron chi connectivity index (χ4n) is 0.757. The van der Waals surface area contributed by atoms with Crippen LogP contribution >= 0.6 is 11.6 Å². The summed E-state index contributed by atoms with van der Waals surface area (Å²) < 4.78 is 64.6. The minimum absolute atomic E-state index is 0.267. The van der Waals surface area contributed by atoms with Gasteiger partial charge in [-0.2, -0.15) is 17.7 Å². The van der Waals surface area contributed by atoms with Gasteiger partial charge in [0, 0.05) is 12.3 Å². The molecule has 0 spiro atoms. The zero-order valence-electron chi connectivity index (χ0n) is 8.82. The van der Waals surface area contributed by atoms with Crippen LogP contribution in [0.4, 0.5) is 13.2 Å². The van der Waals surface area contributed by atoms with Crippen molar-refractivity contribution < 1.29 is 30.7 Å². The lowest BCUT2D eigenvalue weighted by Gasteiger charge is -2.03. The fourth-order valence-corrected chi connectivity index (χ4v) is 0.869. The highest BCUT2D eigenvalue weighted by Gasteiger charge is 2.33. The molecule has 98 valence electrons. The van der Waals surface area contributed by atoms with Crippen LogP contribution in [0.3, 0.4) is 0 Å². The molecule has 0 atom stereocenters. The number of aromatic nitrogens is 1. The summed E-state index contributed by atoms with van der Waals surface area (Å²) in [6, 6.07) is 2.16. The monoisotopic (exact) mass is 291 g/mol. The number of halogens is 4. The van der Waals surface area contributed by atoms with E-state index >= 15 is 0 Å². The minimum atomic E-state index is -4.30. The minimum Gasteiger partial charge on any atom is -0.748 e. The van der Waals surface area contributed by atoms with Crippen LogP contribution in [0.5, 0.6) is 0 Å². The molecule has 0 aliphatic carbocycles. The van der Waals surface area contributed by atoms with E-state index in [9.17, 15) is 13.2 Å². The first-order chi connectivity index (χ1) is 7.41. The number of nitrogens with zero attached hydrogens (tertiary/aromatic N) is 1. The first-order valence-electron chi connectivity index (χ1n) is 4.04. The number of hydrogen-bond acceptors (Lipinski definition) is 3. The third-order valence-corrected chi connectivity index (χ3v) is 1.79. The molecule has 1 aromatic heterocycles. The molecule has 1 heterocycles. The fraction of sp³-hybridized carbons (Fsp3) is 0.375. The van der Waals surface area contributed by atoms with E-state index in [4.69, 9.17) is 24.6 Å². The molecule has 4 nitrogen and oxygen atoms in total. The normalized spacial score (nSPS) is 11.7. The number of alkyl halides is 3. The van der Waals surface area contributed by atoms with Crippen LogP contribution in [0.2, 0.25) is 5.15 Å². The Kier molecular flexibility index (Phi) is 5.37. The SMILES string of the molecule is CS(=O)(=O)[O-].C[n+]1cc(C(F)(F)F)ccc1Cl. The van der Waals surface area contributed by atoms with Crippen molar-refractivity contribution >= 4 is 21.7 Å². The number of rotatable bonds is 0. The summed E-state index contributed by atoms with van der Waals surface area (Å²) in [5.41, 5.74) is -0.700. The summed E-state index contributed by atoms with van der Waals surface area (Å²) in [6.07, 6.45) is -2.75. The lowest BCUT2D eigenvalue weighted by molar-refractivity contribution is -0.670. The van der Waals surface area contributed by atoms with Crippen molar-refractivity contribution in [3.63, 3.8) is 0 Å². The quantitative estimate of drug-likeness (QED) is 0.412. The predicted octanol–water partition coefficient (Wildman–Crippen LogP) is 1.34. The van der Waals surface area contributed by atoms with E-state index in [2.05, 4.69) is 0 Å². The summed E-state index contributed by atoms with van der Waals surface area (Å²) in [7, 11) is -2.46. The maximum atomic E-state index is 12.0. The van der Waals surface area contributed by atoms with Crippen LogP contribution < -0.4 is 4.57 Å². The average Bonchev–Trinajstić information content (AvgIpc) is 2.04. The second-order valence-electron chi connectivity index (χ2n) is 3.05. The van der Waals surface area contributed by atoms with Crippen LogP contribution in [0, 0.1) is 0 Å². The van der Waals surface area contributed by atoms with Crippen LogP contribution in [-0.4, -0.2) is 19.2 Å². The molecule has 0 amide bonds. The van der Waals surface area contributed by atoms with Gasteiger partial charge in [0.15, 0.2) is 6.20 Å². The molecule has 9 heteroatoms. The summed E-state index contributed by atoms with van der Waals surface area (Å²) in [5.74, 6) is 0. The van der Waals surface area contributed by atoms with Crippen LogP contribution in [-0.2, 0) is 23.3 Å². The largest absolute Gasteiger partial charge is 0.748 e. The third kappa shape index (κ3) is 7.94. The van der Waals surface area contributed by atoms with Crippen molar-refractivity contribution in [2.45, 2.75) is 6.18 Å². The Morgan fingerprint density at radius 2 is 1.76 bits per heavy atom. The predicted molar refractivity (Wildman–Crippen MR) is 53.3 cm³/mol. The molecule has 0 unspecified atom stereocenters. The standard InChI is InChI=1S/C7H6ClF3N.CH4O3S/c1-12-4-5(7(9,10)11)2-3-6(12)8;1-5(2,3)4/h2-4H,1H3;1H3,(H,2,3,4)/q+1;/p-1. The van der Waals surface area contributed by atoms with E-state index in [0.29, 0.717) is 6.26 Å². The zero-order valence-corrected chi connectivity index (χ0v) is 10.4. The number of pyridine rings is 1. The Hall–Kier alpha value is -0.860. The lowest BCUT2D eigenvalue weighted by Crippen LogP contribution is -2.30. The van der Waals surface area contributed by atoms with Crippen molar-refractivity contribution in [2.24, 2.45) is 7.05 Å². The molecule has 0 bridgehead atoms. The van der Waals surface area contributed by atoms with Gasteiger partial charge in [0.2, 0.25) is 0 Å². The second kappa shape index (κ2) is 5.65. The van der Waals surface area contributed by atoms with Gasteiger partial charge >= 0.3 is 6.18 Å². The molecule has 1 aromatic rings. The Bertz CT molecular complexity index is 479. The summed E-state index contributed by atoms with van der Waals surface area (Å²) in [6.45, 7) is 0. The van der Waals surface area contributed by atoms with Crippen molar-refractivity contribution in [1.82, 2.24) is 0 Å². The van der Waals surface area contributed by atoms with Crippen molar-refractivity contribution in [2.75, 3.05) is 6.26 Å². The molecule has 0 aliphatic heterocycles. The summed E-state index contributed by atoms with van der Waals surface area (Å²) in [5, 5.41) is 0.267. The molecule has 0 saturated heterocycles. The molecule has 0 saturated carbocycles.